The summed E-state index contributed by atoms with van der Waals surface area (Å²) >= 11 is 12.2. The molecule has 1 aliphatic rings. The van der Waals surface area contributed by atoms with Crippen molar-refractivity contribution in [3.8, 4) is 11.5 Å². The quantitative estimate of drug-likeness (QED) is 0.470. The molecule has 1 aromatic carbocycles. The zero-order valence-corrected chi connectivity index (χ0v) is 21.7. The highest BCUT2D eigenvalue weighted by molar-refractivity contribution is 6.36. The summed E-state index contributed by atoms with van der Waals surface area (Å²) in [5, 5.41) is 5.04. The molecule has 3 heterocycles. The second-order valence-electron chi connectivity index (χ2n) is 8.35. The number of aromatic nitrogens is 4. The molecule has 35 heavy (non-hydrogen) atoms. The van der Waals surface area contributed by atoms with Gasteiger partial charge in [-0.05, 0) is 19.4 Å². The van der Waals surface area contributed by atoms with Gasteiger partial charge in [-0.2, -0.15) is 5.10 Å². The lowest BCUT2D eigenvalue weighted by Crippen LogP contribution is -2.51. The number of methoxy groups -OCH3 is 1. The van der Waals surface area contributed by atoms with Gasteiger partial charge in [0.25, 0.3) is 11.5 Å². The van der Waals surface area contributed by atoms with Crippen LogP contribution < -0.4 is 19.9 Å². The van der Waals surface area contributed by atoms with Crippen molar-refractivity contribution in [2.45, 2.75) is 26.8 Å². The van der Waals surface area contributed by atoms with Gasteiger partial charge in [-0.1, -0.05) is 30.1 Å². The Labute approximate surface area is 212 Å². The van der Waals surface area contributed by atoms with Gasteiger partial charge in [0.1, 0.15) is 17.0 Å². The number of carbonyl (C=O) groups is 1. The Morgan fingerprint density at radius 1 is 1.11 bits per heavy atom. The second-order valence-corrected chi connectivity index (χ2v) is 9.16. The number of nitrogens with zero attached hydrogens (tertiary/aromatic N) is 6. The van der Waals surface area contributed by atoms with Gasteiger partial charge in [0.15, 0.2) is 12.1 Å². The molecule has 0 N–H and O–H groups in total. The summed E-state index contributed by atoms with van der Waals surface area (Å²) in [6.07, 6.45) is 0.796. The predicted molar refractivity (Wildman–Crippen MR) is 135 cm³/mol. The molecule has 0 bridgehead atoms. The van der Waals surface area contributed by atoms with Crippen LogP contribution in [0.25, 0.3) is 11.0 Å². The molecule has 0 saturated carbocycles. The fourth-order valence-corrected chi connectivity index (χ4v) is 4.75. The highest BCUT2D eigenvalue weighted by atomic mass is 35.5. The van der Waals surface area contributed by atoms with Crippen LogP contribution in [0.3, 0.4) is 0 Å². The maximum atomic E-state index is 13.2. The summed E-state index contributed by atoms with van der Waals surface area (Å²) in [5.41, 5.74) is 1.73. The molecular weight excluding hydrogens is 495 g/mol. The molecule has 2 aromatic heterocycles. The topological polar surface area (TPSA) is 94.7 Å². The van der Waals surface area contributed by atoms with Gasteiger partial charge in [0.05, 0.1) is 22.8 Å². The molecule has 0 unspecified atom stereocenters. The molecule has 1 saturated heterocycles. The number of halogens is 2. The van der Waals surface area contributed by atoms with Gasteiger partial charge in [-0.3, -0.25) is 18.8 Å². The van der Waals surface area contributed by atoms with Crippen molar-refractivity contribution in [1.82, 2.24) is 24.2 Å². The van der Waals surface area contributed by atoms with Crippen molar-refractivity contribution in [3.05, 3.63) is 38.2 Å². The van der Waals surface area contributed by atoms with E-state index in [0.717, 1.165) is 6.42 Å². The monoisotopic (exact) mass is 522 g/mol. The zero-order valence-electron chi connectivity index (χ0n) is 20.2. The molecule has 188 valence electrons. The van der Waals surface area contributed by atoms with Crippen molar-refractivity contribution in [2.24, 2.45) is 7.05 Å². The van der Waals surface area contributed by atoms with Crippen LogP contribution in [-0.4, -0.2) is 70.0 Å². The summed E-state index contributed by atoms with van der Waals surface area (Å²) < 4.78 is 14.1. The summed E-state index contributed by atoms with van der Waals surface area (Å²) in [6.45, 7) is 6.31. The Bertz CT molecular complexity index is 1310. The standard InChI is InChI=1S/C23H28Cl2N6O4/c1-5-6-31-22(33)21-20(14(2)27-28(21)3)26-23(31)30-9-7-29(8-10-30)19(32)13-35-18-12-17(34-4)15(24)11-16(18)25/h11-12H,5-10,13H2,1-4H3. The number of piperazine rings is 1. The lowest BCUT2D eigenvalue weighted by Gasteiger charge is -2.36. The summed E-state index contributed by atoms with van der Waals surface area (Å²) in [4.78, 5) is 34.6. The maximum absolute atomic E-state index is 13.2. The van der Waals surface area contributed by atoms with E-state index in [1.54, 1.807) is 27.3 Å². The first-order chi connectivity index (χ1) is 16.7. The van der Waals surface area contributed by atoms with Crippen LogP contribution in [0.2, 0.25) is 10.0 Å². The van der Waals surface area contributed by atoms with Gasteiger partial charge in [-0.25, -0.2) is 4.98 Å². The van der Waals surface area contributed by atoms with Crippen molar-refractivity contribution >= 4 is 46.1 Å². The number of fused-ring (bicyclic) bond motifs is 1. The summed E-state index contributed by atoms with van der Waals surface area (Å²) in [5.74, 6) is 1.20. The number of anilines is 1. The Kier molecular flexibility index (Phi) is 7.42. The maximum Gasteiger partial charge on any atom is 0.281 e. The molecule has 0 radical (unpaired) electrons. The van der Waals surface area contributed by atoms with Crippen molar-refractivity contribution in [3.63, 3.8) is 0 Å². The first kappa shape index (κ1) is 25.1. The molecule has 10 nitrogen and oxygen atoms in total. The number of amides is 1. The Hall–Kier alpha value is -2.98. The number of benzene rings is 1. The van der Waals surface area contributed by atoms with Crippen molar-refractivity contribution in [1.29, 1.82) is 0 Å². The number of aryl methyl sites for hydroxylation is 2. The molecule has 0 atom stereocenters. The fraction of sp³-hybridized carbons (Fsp3) is 0.478. The van der Waals surface area contributed by atoms with Crippen LogP contribution >= 0.6 is 23.2 Å². The minimum atomic E-state index is -0.163. The number of carbonyl (C=O) groups excluding carboxylic acids is 1. The molecule has 12 heteroatoms. The van der Waals surface area contributed by atoms with Gasteiger partial charge in [0.2, 0.25) is 5.95 Å². The lowest BCUT2D eigenvalue weighted by atomic mass is 10.3. The molecule has 0 spiro atoms. The number of hydrogen-bond donors (Lipinski definition) is 0. The van der Waals surface area contributed by atoms with E-state index in [2.05, 4.69) is 10.00 Å². The molecule has 4 rings (SSSR count). The molecule has 1 fully saturated rings. The fourth-order valence-electron chi connectivity index (χ4n) is 4.23. The summed E-state index contributed by atoms with van der Waals surface area (Å²) in [7, 11) is 3.25. The highest BCUT2D eigenvalue weighted by Gasteiger charge is 2.26. The van der Waals surface area contributed by atoms with Gasteiger partial charge in [0, 0.05) is 45.8 Å². The first-order valence-electron chi connectivity index (χ1n) is 11.4. The third kappa shape index (κ3) is 4.90. The molecular formula is C23H28Cl2N6O4. The van der Waals surface area contributed by atoms with Crippen LogP contribution in [0.15, 0.2) is 16.9 Å². The van der Waals surface area contributed by atoms with E-state index >= 15 is 0 Å². The normalized spacial score (nSPS) is 14.0. The highest BCUT2D eigenvalue weighted by Crippen LogP contribution is 2.35. The van der Waals surface area contributed by atoms with Crippen molar-refractivity contribution < 1.29 is 14.3 Å². The zero-order chi connectivity index (χ0) is 25.3. The van der Waals surface area contributed by atoms with E-state index in [1.807, 2.05) is 13.8 Å². The van der Waals surface area contributed by atoms with E-state index in [0.29, 0.717) is 76.9 Å². The Morgan fingerprint density at radius 3 is 2.46 bits per heavy atom. The first-order valence-corrected chi connectivity index (χ1v) is 12.1. The van der Waals surface area contributed by atoms with Crippen LogP contribution in [0, 0.1) is 6.92 Å². The molecule has 0 aliphatic carbocycles. The van der Waals surface area contributed by atoms with E-state index in [9.17, 15) is 9.59 Å². The Balaban J connectivity index is 1.46. The summed E-state index contributed by atoms with van der Waals surface area (Å²) in [6, 6.07) is 3.08. The third-order valence-electron chi connectivity index (χ3n) is 6.01. The van der Waals surface area contributed by atoms with Gasteiger partial charge < -0.3 is 19.3 Å². The second kappa shape index (κ2) is 10.3. The number of ether oxygens (including phenoxy) is 2. The number of rotatable bonds is 7. The predicted octanol–water partition coefficient (Wildman–Crippen LogP) is 2.89. The minimum Gasteiger partial charge on any atom is -0.495 e. The average Bonchev–Trinajstić information content (AvgIpc) is 3.13. The molecule has 3 aromatic rings. The van der Waals surface area contributed by atoms with Crippen LogP contribution in [0.5, 0.6) is 11.5 Å². The van der Waals surface area contributed by atoms with Gasteiger partial charge >= 0.3 is 0 Å². The average molecular weight is 523 g/mol. The van der Waals surface area contributed by atoms with Crippen LogP contribution in [0.1, 0.15) is 19.0 Å². The Morgan fingerprint density at radius 2 is 1.80 bits per heavy atom. The van der Waals surface area contributed by atoms with Crippen molar-refractivity contribution in [2.75, 3.05) is 44.8 Å². The van der Waals surface area contributed by atoms with E-state index in [4.69, 9.17) is 37.7 Å². The van der Waals surface area contributed by atoms with E-state index < -0.39 is 0 Å². The van der Waals surface area contributed by atoms with Crippen LogP contribution in [-0.2, 0) is 18.4 Å². The minimum absolute atomic E-state index is 0.0999. The number of hydrogen-bond acceptors (Lipinski definition) is 7. The molecule has 1 aliphatic heterocycles. The third-order valence-corrected chi connectivity index (χ3v) is 6.60. The smallest absolute Gasteiger partial charge is 0.281 e. The lowest BCUT2D eigenvalue weighted by molar-refractivity contribution is -0.133. The molecule has 1 amide bonds. The van der Waals surface area contributed by atoms with E-state index in [-0.39, 0.29) is 18.1 Å². The SMILES string of the molecule is CCCn1c(N2CCN(C(=O)COc3cc(OC)c(Cl)cc3Cl)CC2)nc2c(C)nn(C)c2c1=O. The van der Waals surface area contributed by atoms with E-state index in [1.165, 1.54) is 13.2 Å². The van der Waals surface area contributed by atoms with Crippen LogP contribution in [0.4, 0.5) is 5.95 Å². The largest absolute Gasteiger partial charge is 0.495 e. The van der Waals surface area contributed by atoms with Gasteiger partial charge in [-0.15, -0.1) is 0 Å².